The quantitative estimate of drug-likeness (QED) is 0.720. The lowest BCUT2D eigenvalue weighted by atomic mass is 10.0. The number of benzene rings is 1. The molecule has 0 bridgehead atoms. The van der Waals surface area contributed by atoms with Crippen molar-refractivity contribution in [2.75, 3.05) is 5.32 Å². The first-order valence-electron chi connectivity index (χ1n) is 6.00. The van der Waals surface area contributed by atoms with E-state index in [1.165, 1.54) is 0 Å². The molecule has 0 heterocycles. The summed E-state index contributed by atoms with van der Waals surface area (Å²) >= 11 is 0. The normalized spacial score (nSPS) is 12.8. The van der Waals surface area contributed by atoms with Gasteiger partial charge in [-0.1, -0.05) is 37.8 Å². The summed E-state index contributed by atoms with van der Waals surface area (Å²) in [4.78, 5) is 10.6. The number of carboxylic acid groups (broad SMARTS) is 1. The zero-order valence-electron chi connectivity index (χ0n) is 10.6. The van der Waals surface area contributed by atoms with E-state index < -0.39 is 5.97 Å². The van der Waals surface area contributed by atoms with Gasteiger partial charge in [0.05, 0.1) is 0 Å². The molecule has 0 spiro atoms. The van der Waals surface area contributed by atoms with E-state index >= 15 is 0 Å². The van der Waals surface area contributed by atoms with Crippen molar-refractivity contribution in [1.82, 2.24) is 0 Å². The highest BCUT2D eigenvalue weighted by molar-refractivity contribution is 5.66. The Bertz CT molecular complexity index is 423. The van der Waals surface area contributed by atoms with Crippen molar-refractivity contribution in [3.8, 4) is 0 Å². The molecule has 0 radical (unpaired) electrons. The van der Waals surface area contributed by atoms with Crippen LogP contribution in [0.5, 0.6) is 0 Å². The molecule has 1 aromatic carbocycles. The van der Waals surface area contributed by atoms with Gasteiger partial charge in [-0.2, -0.15) is 0 Å². The number of carboxylic acids is 1. The maximum absolute atomic E-state index is 10.6. The van der Waals surface area contributed by atoms with Crippen molar-refractivity contribution in [1.29, 1.82) is 0 Å². The van der Waals surface area contributed by atoms with Gasteiger partial charge >= 0.3 is 5.97 Å². The van der Waals surface area contributed by atoms with Crippen LogP contribution in [-0.2, 0) is 4.79 Å². The van der Waals surface area contributed by atoms with E-state index in [9.17, 15) is 4.79 Å². The molecule has 3 heteroatoms. The monoisotopic (exact) mass is 245 g/mol. The third kappa shape index (κ3) is 4.87. The summed E-state index contributed by atoms with van der Waals surface area (Å²) < 4.78 is 0. The molecule has 1 atom stereocenters. The van der Waals surface area contributed by atoms with Gasteiger partial charge in [0.2, 0.25) is 0 Å². The van der Waals surface area contributed by atoms with Gasteiger partial charge in [-0.25, -0.2) is 0 Å². The zero-order valence-corrected chi connectivity index (χ0v) is 10.6. The number of hydrogen-bond acceptors (Lipinski definition) is 2. The maximum Gasteiger partial charge on any atom is 0.303 e. The van der Waals surface area contributed by atoms with Crippen molar-refractivity contribution in [3.05, 3.63) is 54.8 Å². The summed E-state index contributed by atoms with van der Waals surface area (Å²) in [5.74, 6) is -0.612. The van der Waals surface area contributed by atoms with Crippen molar-refractivity contribution in [2.24, 2.45) is 5.92 Å². The number of rotatable bonds is 7. The SMILES string of the molecule is C=C/C=C(/Nc1ccccc1)[C@@H](C)CCC(=O)O. The molecule has 18 heavy (non-hydrogen) atoms. The van der Waals surface area contributed by atoms with Crippen molar-refractivity contribution >= 4 is 11.7 Å². The number of anilines is 1. The number of nitrogens with one attached hydrogen (secondary N) is 1. The Balaban J connectivity index is 2.68. The fourth-order valence-electron chi connectivity index (χ4n) is 1.64. The van der Waals surface area contributed by atoms with Crippen LogP contribution in [0.3, 0.4) is 0 Å². The topological polar surface area (TPSA) is 49.3 Å². The second-order valence-corrected chi connectivity index (χ2v) is 4.18. The highest BCUT2D eigenvalue weighted by Gasteiger charge is 2.10. The first-order valence-corrected chi connectivity index (χ1v) is 6.00. The molecule has 96 valence electrons. The molecule has 1 aromatic rings. The second-order valence-electron chi connectivity index (χ2n) is 4.18. The Hall–Kier alpha value is -2.03. The summed E-state index contributed by atoms with van der Waals surface area (Å²) in [6.45, 7) is 5.70. The predicted octanol–water partition coefficient (Wildman–Crippen LogP) is 3.67. The summed E-state index contributed by atoms with van der Waals surface area (Å²) in [6.07, 6.45) is 4.38. The largest absolute Gasteiger partial charge is 0.481 e. The van der Waals surface area contributed by atoms with Crippen molar-refractivity contribution in [2.45, 2.75) is 19.8 Å². The lowest BCUT2D eigenvalue weighted by Gasteiger charge is -2.17. The molecule has 0 saturated carbocycles. The highest BCUT2D eigenvalue weighted by atomic mass is 16.4. The Kier molecular flexibility index (Phi) is 5.71. The lowest BCUT2D eigenvalue weighted by molar-refractivity contribution is -0.137. The second kappa shape index (κ2) is 7.33. The smallest absolute Gasteiger partial charge is 0.303 e. The van der Waals surface area contributed by atoms with Gasteiger partial charge in [0.15, 0.2) is 0 Å². The fourth-order valence-corrected chi connectivity index (χ4v) is 1.64. The van der Waals surface area contributed by atoms with Gasteiger partial charge in [0.1, 0.15) is 0 Å². The van der Waals surface area contributed by atoms with E-state index in [1.54, 1.807) is 6.08 Å². The maximum atomic E-state index is 10.6. The summed E-state index contributed by atoms with van der Waals surface area (Å²) in [7, 11) is 0. The van der Waals surface area contributed by atoms with Crippen molar-refractivity contribution in [3.63, 3.8) is 0 Å². The Morgan fingerprint density at radius 3 is 2.67 bits per heavy atom. The summed E-state index contributed by atoms with van der Waals surface area (Å²) in [5.41, 5.74) is 1.98. The molecular formula is C15H19NO2. The van der Waals surface area contributed by atoms with Gasteiger partial charge in [-0.05, 0) is 30.5 Å². The van der Waals surface area contributed by atoms with Crippen molar-refractivity contribution < 1.29 is 9.90 Å². The van der Waals surface area contributed by atoms with Crippen LogP contribution in [-0.4, -0.2) is 11.1 Å². The molecule has 0 saturated heterocycles. The van der Waals surface area contributed by atoms with Gasteiger partial charge in [-0.15, -0.1) is 0 Å². The average Bonchev–Trinajstić information content (AvgIpc) is 2.36. The van der Waals surface area contributed by atoms with Gasteiger partial charge < -0.3 is 10.4 Å². The first kappa shape index (κ1) is 14.0. The van der Waals surface area contributed by atoms with E-state index in [4.69, 9.17) is 5.11 Å². The van der Waals surface area contributed by atoms with E-state index in [0.29, 0.717) is 6.42 Å². The van der Waals surface area contributed by atoms with Crippen LogP contribution in [0.2, 0.25) is 0 Å². The molecule has 0 fully saturated rings. The Morgan fingerprint density at radius 2 is 2.11 bits per heavy atom. The van der Waals surface area contributed by atoms with E-state index in [0.717, 1.165) is 11.4 Å². The number of hydrogen-bond donors (Lipinski definition) is 2. The molecule has 0 amide bonds. The van der Waals surface area contributed by atoms with Crippen LogP contribution in [0.25, 0.3) is 0 Å². The molecule has 0 aliphatic rings. The summed E-state index contributed by atoms with van der Waals surface area (Å²) in [5, 5.41) is 12.0. The minimum atomic E-state index is -0.764. The number of para-hydroxylation sites is 1. The molecule has 0 aromatic heterocycles. The minimum absolute atomic E-state index is 0.152. The van der Waals surface area contributed by atoms with Gasteiger partial charge in [-0.3, -0.25) is 4.79 Å². The standard InChI is InChI=1S/C15H19NO2/c1-3-7-14(12(2)10-11-15(17)18)16-13-8-5-4-6-9-13/h3-9,12,16H,1,10-11H2,2H3,(H,17,18)/b14-7+/t12-/m0/s1. The molecule has 1 rings (SSSR count). The lowest BCUT2D eigenvalue weighted by Crippen LogP contribution is -2.10. The van der Waals surface area contributed by atoms with E-state index in [1.807, 2.05) is 43.3 Å². The molecule has 0 unspecified atom stereocenters. The van der Waals surface area contributed by atoms with Crippen LogP contribution in [0.15, 0.2) is 54.8 Å². The Labute approximate surface area is 108 Å². The van der Waals surface area contributed by atoms with E-state index in [-0.39, 0.29) is 12.3 Å². The zero-order chi connectivity index (χ0) is 13.4. The number of carbonyl (C=O) groups is 1. The fraction of sp³-hybridized carbons (Fsp3) is 0.267. The molecule has 2 N–H and O–H groups in total. The number of aliphatic carboxylic acids is 1. The van der Waals surface area contributed by atoms with Crippen LogP contribution < -0.4 is 5.32 Å². The van der Waals surface area contributed by atoms with Gasteiger partial charge in [0, 0.05) is 17.8 Å². The molecular weight excluding hydrogens is 226 g/mol. The Morgan fingerprint density at radius 1 is 1.44 bits per heavy atom. The molecule has 0 aliphatic carbocycles. The third-order valence-electron chi connectivity index (χ3n) is 2.68. The predicted molar refractivity (Wildman–Crippen MR) is 74.4 cm³/mol. The number of allylic oxidation sites excluding steroid dienone is 3. The van der Waals surface area contributed by atoms with Crippen LogP contribution in [0, 0.1) is 5.92 Å². The van der Waals surface area contributed by atoms with Crippen LogP contribution in [0.1, 0.15) is 19.8 Å². The third-order valence-corrected chi connectivity index (χ3v) is 2.68. The minimum Gasteiger partial charge on any atom is -0.481 e. The van der Waals surface area contributed by atoms with Crippen LogP contribution in [0.4, 0.5) is 5.69 Å². The molecule has 3 nitrogen and oxygen atoms in total. The summed E-state index contributed by atoms with van der Waals surface area (Å²) in [6, 6.07) is 9.81. The highest BCUT2D eigenvalue weighted by Crippen LogP contribution is 2.19. The van der Waals surface area contributed by atoms with Crippen LogP contribution >= 0.6 is 0 Å². The van der Waals surface area contributed by atoms with E-state index in [2.05, 4.69) is 11.9 Å². The molecule has 0 aliphatic heterocycles. The first-order chi connectivity index (χ1) is 8.63. The average molecular weight is 245 g/mol. The van der Waals surface area contributed by atoms with Gasteiger partial charge in [0.25, 0.3) is 0 Å².